The highest BCUT2D eigenvalue weighted by Crippen LogP contribution is 2.26. The van der Waals surface area contributed by atoms with Gasteiger partial charge in [0.2, 0.25) is 0 Å². The van der Waals surface area contributed by atoms with Crippen molar-refractivity contribution >= 4 is 0 Å². The maximum atomic E-state index is 13.4. The van der Waals surface area contributed by atoms with Crippen molar-refractivity contribution in [2.75, 3.05) is 7.11 Å². The maximum Gasteiger partial charge on any atom is 0.123 e. The second-order valence-electron chi connectivity index (χ2n) is 4.79. The van der Waals surface area contributed by atoms with Gasteiger partial charge in [-0.15, -0.1) is 0 Å². The lowest BCUT2D eigenvalue weighted by atomic mass is 10.1. The predicted molar refractivity (Wildman–Crippen MR) is 77.2 cm³/mol. The van der Waals surface area contributed by atoms with Crippen LogP contribution in [-0.4, -0.2) is 12.1 Å². The molecule has 1 N–H and O–H groups in total. The fourth-order valence-corrected chi connectivity index (χ4v) is 2.10. The van der Waals surface area contributed by atoms with Crippen LogP contribution in [0.25, 0.3) is 0 Å². The number of pyridine rings is 1. The van der Waals surface area contributed by atoms with Crippen molar-refractivity contribution in [3.63, 3.8) is 0 Å². The van der Waals surface area contributed by atoms with Gasteiger partial charge in [0, 0.05) is 30.5 Å². The highest BCUT2D eigenvalue weighted by molar-refractivity contribution is 5.36. The molecule has 0 bridgehead atoms. The number of aromatic nitrogens is 1. The smallest absolute Gasteiger partial charge is 0.123 e. The van der Waals surface area contributed by atoms with Crippen LogP contribution in [0.4, 0.5) is 4.39 Å². The summed E-state index contributed by atoms with van der Waals surface area (Å²) in [6.45, 7) is 4.72. The van der Waals surface area contributed by atoms with Crippen molar-refractivity contribution in [1.29, 1.82) is 0 Å². The Bertz CT molecular complexity index is 586. The summed E-state index contributed by atoms with van der Waals surface area (Å²) in [6, 6.07) is 6.52. The normalized spacial score (nSPS) is 12.2. The monoisotopic (exact) mass is 274 g/mol. The fourth-order valence-electron chi connectivity index (χ4n) is 2.10. The van der Waals surface area contributed by atoms with Gasteiger partial charge in [0.25, 0.3) is 0 Å². The molecule has 106 valence electrons. The molecule has 4 heteroatoms. The molecule has 1 heterocycles. The Labute approximate surface area is 118 Å². The third-order valence-corrected chi connectivity index (χ3v) is 3.40. The Balaban J connectivity index is 2.11. The first-order valence-corrected chi connectivity index (χ1v) is 6.58. The number of methoxy groups -OCH3 is 1. The van der Waals surface area contributed by atoms with Crippen molar-refractivity contribution in [2.45, 2.75) is 26.4 Å². The van der Waals surface area contributed by atoms with E-state index in [2.05, 4.69) is 10.3 Å². The molecule has 20 heavy (non-hydrogen) atoms. The number of aryl methyl sites for hydroxylation is 1. The predicted octanol–water partition coefficient (Wildman–Crippen LogP) is 3.39. The van der Waals surface area contributed by atoms with E-state index in [0.29, 0.717) is 12.3 Å². The molecule has 0 fully saturated rings. The van der Waals surface area contributed by atoms with E-state index in [9.17, 15) is 4.39 Å². The largest absolute Gasteiger partial charge is 0.496 e. The standard InChI is InChI=1S/C16H19FN2O/c1-11-6-7-18-9-13(11)10-19-12(2)15-8-14(17)4-5-16(15)20-3/h4-9,12,19H,10H2,1-3H3. The first-order valence-electron chi connectivity index (χ1n) is 6.58. The third kappa shape index (κ3) is 3.33. The Morgan fingerprint density at radius 3 is 2.85 bits per heavy atom. The van der Waals surface area contributed by atoms with Gasteiger partial charge in [-0.25, -0.2) is 4.39 Å². The Kier molecular flexibility index (Phi) is 4.69. The summed E-state index contributed by atoms with van der Waals surface area (Å²) in [4.78, 5) is 4.12. The molecule has 0 spiro atoms. The van der Waals surface area contributed by atoms with Crippen LogP contribution >= 0.6 is 0 Å². The van der Waals surface area contributed by atoms with Crippen LogP contribution in [0.15, 0.2) is 36.7 Å². The lowest BCUT2D eigenvalue weighted by Crippen LogP contribution is -2.19. The quantitative estimate of drug-likeness (QED) is 0.907. The van der Waals surface area contributed by atoms with Gasteiger partial charge in [0.05, 0.1) is 7.11 Å². The first-order chi connectivity index (χ1) is 9.61. The molecule has 2 rings (SSSR count). The molecule has 1 aromatic carbocycles. The molecule has 0 aliphatic carbocycles. The zero-order valence-electron chi connectivity index (χ0n) is 12.0. The Hall–Kier alpha value is -1.94. The molecule has 0 radical (unpaired) electrons. The van der Waals surface area contributed by atoms with Gasteiger partial charge in [-0.05, 0) is 49.2 Å². The molecule has 3 nitrogen and oxygen atoms in total. The van der Waals surface area contributed by atoms with Crippen molar-refractivity contribution in [1.82, 2.24) is 10.3 Å². The Morgan fingerprint density at radius 2 is 2.15 bits per heavy atom. The van der Waals surface area contributed by atoms with Gasteiger partial charge in [-0.1, -0.05) is 0 Å². The second-order valence-corrected chi connectivity index (χ2v) is 4.79. The van der Waals surface area contributed by atoms with E-state index in [1.807, 2.05) is 26.1 Å². The van der Waals surface area contributed by atoms with Gasteiger partial charge in [-0.2, -0.15) is 0 Å². The SMILES string of the molecule is COc1ccc(F)cc1C(C)NCc1cnccc1C. The average Bonchev–Trinajstić information content (AvgIpc) is 2.46. The van der Waals surface area contributed by atoms with E-state index in [4.69, 9.17) is 4.74 Å². The highest BCUT2D eigenvalue weighted by Gasteiger charge is 2.12. The lowest BCUT2D eigenvalue weighted by molar-refractivity contribution is 0.399. The van der Waals surface area contributed by atoms with Crippen LogP contribution in [0.2, 0.25) is 0 Å². The summed E-state index contributed by atoms with van der Waals surface area (Å²) in [5.74, 6) is 0.432. The van der Waals surface area contributed by atoms with Gasteiger partial charge >= 0.3 is 0 Å². The van der Waals surface area contributed by atoms with Gasteiger partial charge in [-0.3, -0.25) is 4.98 Å². The number of halogens is 1. The molecule has 0 amide bonds. The van der Waals surface area contributed by atoms with Gasteiger partial charge in [0.1, 0.15) is 11.6 Å². The highest BCUT2D eigenvalue weighted by atomic mass is 19.1. The summed E-state index contributed by atoms with van der Waals surface area (Å²) in [7, 11) is 1.59. The molecule has 1 aromatic heterocycles. The van der Waals surface area contributed by atoms with Crippen LogP contribution in [0.1, 0.15) is 29.7 Å². The number of rotatable bonds is 5. The topological polar surface area (TPSA) is 34.1 Å². The van der Waals surface area contributed by atoms with E-state index >= 15 is 0 Å². The van der Waals surface area contributed by atoms with Crippen LogP contribution in [0.3, 0.4) is 0 Å². The van der Waals surface area contributed by atoms with Gasteiger partial charge < -0.3 is 10.1 Å². The number of nitrogens with zero attached hydrogens (tertiary/aromatic N) is 1. The van der Waals surface area contributed by atoms with E-state index in [1.165, 1.54) is 17.7 Å². The van der Waals surface area contributed by atoms with Crippen LogP contribution in [0.5, 0.6) is 5.75 Å². The molecular weight excluding hydrogens is 255 g/mol. The fraction of sp³-hybridized carbons (Fsp3) is 0.312. The third-order valence-electron chi connectivity index (χ3n) is 3.40. The zero-order chi connectivity index (χ0) is 14.5. The summed E-state index contributed by atoms with van der Waals surface area (Å²) >= 11 is 0. The zero-order valence-corrected chi connectivity index (χ0v) is 12.0. The lowest BCUT2D eigenvalue weighted by Gasteiger charge is -2.18. The first kappa shape index (κ1) is 14.5. The molecule has 0 saturated carbocycles. The van der Waals surface area contributed by atoms with Crippen molar-refractivity contribution in [2.24, 2.45) is 0 Å². The Morgan fingerprint density at radius 1 is 1.35 bits per heavy atom. The van der Waals surface area contributed by atoms with Crippen molar-refractivity contribution in [3.05, 3.63) is 59.2 Å². The molecule has 1 unspecified atom stereocenters. The minimum absolute atomic E-state index is 0.0137. The van der Waals surface area contributed by atoms with E-state index in [1.54, 1.807) is 19.4 Å². The average molecular weight is 274 g/mol. The summed E-state index contributed by atoms with van der Waals surface area (Å²) in [6.07, 6.45) is 3.62. The molecular formula is C16H19FN2O. The van der Waals surface area contributed by atoms with E-state index < -0.39 is 0 Å². The molecule has 2 aromatic rings. The van der Waals surface area contributed by atoms with Gasteiger partial charge in [0.15, 0.2) is 0 Å². The number of benzene rings is 1. The molecule has 0 aliphatic rings. The number of ether oxygens (including phenoxy) is 1. The second kappa shape index (κ2) is 6.48. The minimum atomic E-state index is -0.257. The molecule has 0 aliphatic heterocycles. The number of nitrogens with one attached hydrogen (secondary N) is 1. The summed E-state index contributed by atoms with van der Waals surface area (Å²) in [5.41, 5.74) is 3.13. The number of hydrogen-bond acceptors (Lipinski definition) is 3. The van der Waals surface area contributed by atoms with Crippen LogP contribution in [-0.2, 0) is 6.54 Å². The summed E-state index contributed by atoms with van der Waals surface area (Å²) < 4.78 is 18.7. The molecule has 1 atom stereocenters. The van der Waals surface area contributed by atoms with Crippen LogP contribution in [0, 0.1) is 12.7 Å². The van der Waals surface area contributed by atoms with Crippen LogP contribution < -0.4 is 10.1 Å². The summed E-state index contributed by atoms with van der Waals surface area (Å²) in [5, 5.41) is 3.37. The number of hydrogen-bond donors (Lipinski definition) is 1. The van der Waals surface area contributed by atoms with Crippen molar-refractivity contribution < 1.29 is 9.13 Å². The molecule has 0 saturated heterocycles. The minimum Gasteiger partial charge on any atom is -0.496 e. The maximum absolute atomic E-state index is 13.4. The van der Waals surface area contributed by atoms with E-state index in [0.717, 1.165) is 11.1 Å². The van der Waals surface area contributed by atoms with Crippen molar-refractivity contribution in [3.8, 4) is 5.75 Å². The van der Waals surface area contributed by atoms with E-state index in [-0.39, 0.29) is 11.9 Å².